The molecule has 0 aromatic heterocycles. The number of ketones is 1. The molecule has 2 heterocycles. The van der Waals surface area contributed by atoms with Gasteiger partial charge in [-0.15, -0.1) is 0 Å². The molecular formula is C21H26N2O4. The van der Waals surface area contributed by atoms with Crippen LogP contribution in [0.1, 0.15) is 49.8 Å². The average molecular weight is 370 g/mol. The fourth-order valence-corrected chi connectivity index (χ4v) is 4.99. The molecule has 6 nitrogen and oxygen atoms in total. The van der Waals surface area contributed by atoms with Gasteiger partial charge in [0.15, 0.2) is 17.3 Å². The molecule has 0 amide bonds. The summed E-state index contributed by atoms with van der Waals surface area (Å²) in [7, 11) is 3.29. The highest BCUT2D eigenvalue weighted by molar-refractivity contribution is 6.24. The second-order valence-electron chi connectivity index (χ2n) is 7.39. The Morgan fingerprint density at radius 1 is 1.19 bits per heavy atom. The highest BCUT2D eigenvalue weighted by Crippen LogP contribution is 2.49. The summed E-state index contributed by atoms with van der Waals surface area (Å²) >= 11 is 0. The molecule has 3 aliphatic rings. The second kappa shape index (κ2) is 6.91. The number of hydrogen-bond acceptors (Lipinski definition) is 6. The van der Waals surface area contributed by atoms with Crippen LogP contribution < -0.4 is 9.47 Å². The van der Waals surface area contributed by atoms with E-state index < -0.39 is 0 Å². The fourth-order valence-electron chi connectivity index (χ4n) is 4.99. The van der Waals surface area contributed by atoms with Gasteiger partial charge in [-0.1, -0.05) is 12.1 Å². The average Bonchev–Trinajstić information content (AvgIpc) is 2.71. The third-order valence-electron chi connectivity index (χ3n) is 6.19. The van der Waals surface area contributed by atoms with Crippen molar-refractivity contribution in [3.63, 3.8) is 0 Å². The Bertz CT molecular complexity index is 843. The summed E-state index contributed by atoms with van der Waals surface area (Å²) in [5.41, 5.74) is 4.68. The fraction of sp³-hybridized carbons (Fsp3) is 0.524. The molecule has 144 valence electrons. The first-order valence-electron chi connectivity index (χ1n) is 9.64. The summed E-state index contributed by atoms with van der Waals surface area (Å²) in [6.45, 7) is 2.94. The number of allylic oxidation sites excluding steroid dienone is 2. The Hall–Kier alpha value is -2.50. The summed E-state index contributed by atoms with van der Waals surface area (Å²) in [5, 5.41) is 13.4. The van der Waals surface area contributed by atoms with Crippen molar-refractivity contribution < 1.29 is 19.5 Å². The smallest absolute Gasteiger partial charge is 0.166 e. The van der Waals surface area contributed by atoms with Crippen molar-refractivity contribution in [2.75, 3.05) is 20.8 Å². The molecule has 0 unspecified atom stereocenters. The van der Waals surface area contributed by atoms with Gasteiger partial charge < -0.3 is 19.6 Å². The van der Waals surface area contributed by atoms with Crippen LogP contribution in [0.5, 0.6) is 11.5 Å². The summed E-state index contributed by atoms with van der Waals surface area (Å²) in [4.78, 5) is 15.0. The number of nitrogens with zero attached hydrogens (tertiary/aromatic N) is 2. The molecule has 1 aromatic carbocycles. The van der Waals surface area contributed by atoms with E-state index in [4.69, 9.17) is 9.47 Å². The lowest BCUT2D eigenvalue weighted by molar-refractivity contribution is -0.116. The van der Waals surface area contributed by atoms with Gasteiger partial charge in [0.1, 0.15) is 0 Å². The van der Waals surface area contributed by atoms with Crippen molar-refractivity contribution in [3.05, 3.63) is 34.5 Å². The van der Waals surface area contributed by atoms with Gasteiger partial charge in [-0.05, 0) is 48.9 Å². The SMILES string of the molecule is CC[C@@H]1/C(=N/O)C2=C(CCCC2=O)N2CCc3cc(OC)c(OC)cc3[C@@H]12. The monoisotopic (exact) mass is 370 g/mol. The largest absolute Gasteiger partial charge is 0.493 e. The normalized spacial score (nSPS) is 25.8. The molecule has 4 rings (SSSR count). The number of fused-ring (bicyclic) bond motifs is 4. The van der Waals surface area contributed by atoms with Crippen LogP contribution in [-0.4, -0.2) is 42.4 Å². The number of Topliss-reactive ketones (excluding diaryl/α,β-unsaturated/α-hetero) is 1. The maximum absolute atomic E-state index is 12.7. The molecule has 1 N–H and O–H groups in total. The van der Waals surface area contributed by atoms with Crippen molar-refractivity contribution >= 4 is 11.5 Å². The Labute approximate surface area is 159 Å². The zero-order chi connectivity index (χ0) is 19.1. The van der Waals surface area contributed by atoms with Crippen molar-refractivity contribution in [3.8, 4) is 11.5 Å². The maximum atomic E-state index is 12.7. The predicted molar refractivity (Wildman–Crippen MR) is 102 cm³/mol. The first kappa shape index (κ1) is 17.9. The van der Waals surface area contributed by atoms with Crippen LogP contribution >= 0.6 is 0 Å². The van der Waals surface area contributed by atoms with E-state index in [-0.39, 0.29) is 17.7 Å². The summed E-state index contributed by atoms with van der Waals surface area (Å²) in [6, 6.07) is 4.16. The zero-order valence-electron chi connectivity index (χ0n) is 16.1. The van der Waals surface area contributed by atoms with Crippen LogP contribution in [0.3, 0.4) is 0 Å². The van der Waals surface area contributed by atoms with Gasteiger partial charge in [0.25, 0.3) is 0 Å². The molecule has 0 saturated carbocycles. The highest BCUT2D eigenvalue weighted by Gasteiger charge is 2.46. The molecule has 27 heavy (non-hydrogen) atoms. The van der Waals surface area contributed by atoms with Gasteiger partial charge in [-0.2, -0.15) is 0 Å². The van der Waals surface area contributed by atoms with Crippen LogP contribution in [-0.2, 0) is 11.2 Å². The molecule has 0 saturated heterocycles. The second-order valence-corrected chi connectivity index (χ2v) is 7.39. The minimum atomic E-state index is -0.0343. The van der Waals surface area contributed by atoms with Gasteiger partial charge in [0.05, 0.1) is 31.5 Å². The van der Waals surface area contributed by atoms with Gasteiger partial charge in [-0.25, -0.2) is 0 Å². The van der Waals surface area contributed by atoms with Crippen LogP contribution in [0.4, 0.5) is 0 Å². The zero-order valence-corrected chi connectivity index (χ0v) is 16.1. The number of carbonyl (C=O) groups is 1. The van der Waals surface area contributed by atoms with E-state index in [1.54, 1.807) is 14.2 Å². The minimum absolute atomic E-state index is 0.0343. The predicted octanol–water partition coefficient (Wildman–Crippen LogP) is 3.48. The number of benzene rings is 1. The van der Waals surface area contributed by atoms with E-state index in [0.29, 0.717) is 23.5 Å². The quantitative estimate of drug-likeness (QED) is 0.651. The molecule has 2 aliphatic heterocycles. The molecule has 1 aromatic rings. The van der Waals surface area contributed by atoms with Crippen molar-refractivity contribution in [1.29, 1.82) is 0 Å². The topological polar surface area (TPSA) is 71.4 Å². The molecule has 0 fully saturated rings. The summed E-state index contributed by atoms with van der Waals surface area (Å²) in [5.74, 6) is 1.51. The van der Waals surface area contributed by atoms with E-state index in [1.165, 1.54) is 11.1 Å². The van der Waals surface area contributed by atoms with Gasteiger partial charge in [0, 0.05) is 24.6 Å². The first-order chi connectivity index (χ1) is 13.1. The molecular weight excluding hydrogens is 344 g/mol. The summed E-state index contributed by atoms with van der Waals surface area (Å²) < 4.78 is 11.0. The molecule has 0 spiro atoms. The van der Waals surface area contributed by atoms with E-state index in [0.717, 1.165) is 43.7 Å². The van der Waals surface area contributed by atoms with Crippen molar-refractivity contribution in [2.45, 2.75) is 45.1 Å². The molecule has 6 heteroatoms. The van der Waals surface area contributed by atoms with E-state index in [1.807, 2.05) is 0 Å². The van der Waals surface area contributed by atoms with Crippen LogP contribution in [0.25, 0.3) is 0 Å². The minimum Gasteiger partial charge on any atom is -0.493 e. The van der Waals surface area contributed by atoms with Gasteiger partial charge in [-0.3, -0.25) is 4.79 Å². The Balaban J connectivity index is 1.91. The first-order valence-corrected chi connectivity index (χ1v) is 9.64. The maximum Gasteiger partial charge on any atom is 0.166 e. The number of oxime groups is 1. The third-order valence-corrected chi connectivity index (χ3v) is 6.19. The Morgan fingerprint density at radius 2 is 1.93 bits per heavy atom. The van der Waals surface area contributed by atoms with E-state index in [9.17, 15) is 10.0 Å². The molecule has 0 radical (unpaired) electrons. The molecule has 0 bridgehead atoms. The highest BCUT2D eigenvalue weighted by atomic mass is 16.5. The number of methoxy groups -OCH3 is 2. The lowest BCUT2D eigenvalue weighted by Gasteiger charge is -2.49. The number of ether oxygens (including phenoxy) is 2. The number of hydrogen-bond donors (Lipinski definition) is 1. The number of rotatable bonds is 3. The van der Waals surface area contributed by atoms with Crippen molar-refractivity contribution in [1.82, 2.24) is 4.90 Å². The Morgan fingerprint density at radius 3 is 2.59 bits per heavy atom. The van der Waals surface area contributed by atoms with Crippen LogP contribution in [0.15, 0.2) is 28.6 Å². The third kappa shape index (κ3) is 2.61. The van der Waals surface area contributed by atoms with E-state index >= 15 is 0 Å². The van der Waals surface area contributed by atoms with Crippen LogP contribution in [0.2, 0.25) is 0 Å². The lowest BCUT2D eigenvalue weighted by Crippen LogP contribution is -2.48. The lowest BCUT2D eigenvalue weighted by atomic mass is 9.72. The molecule has 1 aliphatic carbocycles. The standard InChI is InChI=1S/C21H26N2O4/c1-4-13-20(22-25)19-15(6-5-7-16(19)24)23-9-8-12-10-17(26-2)18(27-3)11-14(12)21(13)23/h10-11,13,21,25H,4-9H2,1-3H3/b22-20-/t13-,21-/m1/s1. The van der Waals surface area contributed by atoms with Crippen LogP contribution in [0, 0.1) is 5.92 Å². The van der Waals surface area contributed by atoms with Gasteiger partial charge >= 0.3 is 0 Å². The number of carbonyl (C=O) groups excluding carboxylic acids is 1. The van der Waals surface area contributed by atoms with E-state index in [2.05, 4.69) is 29.1 Å². The summed E-state index contributed by atoms with van der Waals surface area (Å²) in [6.07, 6.45) is 3.93. The van der Waals surface area contributed by atoms with Gasteiger partial charge in [0.2, 0.25) is 0 Å². The van der Waals surface area contributed by atoms with Crippen molar-refractivity contribution in [2.24, 2.45) is 11.1 Å². The Kier molecular flexibility index (Phi) is 4.58. The molecule has 2 atom stereocenters.